The minimum absolute atomic E-state index is 0.0355. The molecule has 0 fully saturated rings. The number of nitrogens with two attached hydrogens (primary N) is 1. The van der Waals surface area contributed by atoms with Gasteiger partial charge < -0.3 is 5.73 Å². The molecule has 0 saturated heterocycles. The van der Waals surface area contributed by atoms with Gasteiger partial charge in [-0.05, 0) is 36.1 Å². The lowest BCUT2D eigenvalue weighted by Crippen LogP contribution is -2.34. The van der Waals surface area contributed by atoms with Gasteiger partial charge in [0.1, 0.15) is 5.82 Å². The van der Waals surface area contributed by atoms with Gasteiger partial charge in [0.05, 0.1) is 5.02 Å². The quantitative estimate of drug-likeness (QED) is 0.925. The fourth-order valence-corrected chi connectivity index (χ4v) is 4.06. The van der Waals surface area contributed by atoms with Gasteiger partial charge in [0.15, 0.2) is 0 Å². The molecule has 0 radical (unpaired) electrons. The average molecular weight is 308 g/mol. The fourth-order valence-electron chi connectivity index (χ4n) is 2.54. The van der Waals surface area contributed by atoms with E-state index in [2.05, 4.69) is 18.2 Å². The van der Waals surface area contributed by atoms with Crippen LogP contribution in [0.5, 0.6) is 0 Å². The van der Waals surface area contributed by atoms with E-state index in [9.17, 15) is 4.39 Å². The zero-order chi connectivity index (χ0) is 14.1. The van der Waals surface area contributed by atoms with E-state index in [-0.39, 0.29) is 16.9 Å². The van der Waals surface area contributed by atoms with Crippen LogP contribution in [-0.2, 0) is 12.8 Å². The Balaban J connectivity index is 1.72. The molecule has 1 heterocycles. The van der Waals surface area contributed by atoms with Crippen LogP contribution in [-0.4, -0.2) is 11.3 Å². The van der Waals surface area contributed by atoms with Gasteiger partial charge in [-0.3, -0.25) is 0 Å². The smallest absolute Gasteiger partial charge is 0.142 e. The summed E-state index contributed by atoms with van der Waals surface area (Å²) in [6.07, 6.45) is 1.57. The van der Waals surface area contributed by atoms with E-state index in [1.807, 2.05) is 23.9 Å². The molecule has 2 aromatic carbocycles. The van der Waals surface area contributed by atoms with E-state index in [0.717, 1.165) is 12.0 Å². The van der Waals surface area contributed by atoms with Crippen molar-refractivity contribution in [3.05, 3.63) is 64.4 Å². The number of benzene rings is 2. The summed E-state index contributed by atoms with van der Waals surface area (Å²) < 4.78 is 13.4. The highest BCUT2D eigenvalue weighted by Crippen LogP contribution is 2.38. The molecule has 20 heavy (non-hydrogen) atoms. The second kappa shape index (κ2) is 5.76. The molecular weight excluding hydrogens is 293 g/mol. The van der Waals surface area contributed by atoms with Crippen molar-refractivity contribution in [1.29, 1.82) is 0 Å². The third-order valence-electron chi connectivity index (χ3n) is 3.64. The van der Waals surface area contributed by atoms with Crippen LogP contribution < -0.4 is 5.73 Å². The van der Waals surface area contributed by atoms with E-state index in [4.69, 9.17) is 17.3 Å². The number of hydrogen-bond acceptors (Lipinski definition) is 2. The highest BCUT2D eigenvalue weighted by Gasteiger charge is 2.27. The third-order valence-corrected chi connectivity index (χ3v) is 5.53. The van der Waals surface area contributed by atoms with Gasteiger partial charge in [0.2, 0.25) is 0 Å². The monoisotopic (exact) mass is 307 g/mol. The van der Waals surface area contributed by atoms with Crippen LogP contribution in [0, 0.1) is 5.82 Å². The fraction of sp³-hybridized carbons (Fsp3) is 0.250. The molecule has 2 atom stereocenters. The zero-order valence-electron chi connectivity index (χ0n) is 10.9. The molecular formula is C16H15ClFNS. The molecule has 1 aliphatic heterocycles. The molecule has 0 aromatic heterocycles. The van der Waals surface area contributed by atoms with Crippen molar-refractivity contribution in [3.63, 3.8) is 0 Å². The Morgan fingerprint density at radius 3 is 2.85 bits per heavy atom. The van der Waals surface area contributed by atoms with Crippen LogP contribution in [0.15, 0.2) is 47.4 Å². The summed E-state index contributed by atoms with van der Waals surface area (Å²) in [6.45, 7) is 0. The van der Waals surface area contributed by atoms with Crippen molar-refractivity contribution in [2.75, 3.05) is 0 Å². The molecule has 3 rings (SSSR count). The minimum Gasteiger partial charge on any atom is -0.326 e. The van der Waals surface area contributed by atoms with Crippen molar-refractivity contribution in [1.82, 2.24) is 0 Å². The van der Waals surface area contributed by atoms with E-state index in [1.165, 1.54) is 16.5 Å². The second-order valence-corrected chi connectivity index (χ2v) is 6.71. The largest absolute Gasteiger partial charge is 0.326 e. The van der Waals surface area contributed by atoms with Crippen LogP contribution >= 0.6 is 23.4 Å². The summed E-state index contributed by atoms with van der Waals surface area (Å²) >= 11 is 7.81. The molecule has 2 aromatic rings. The molecule has 4 heteroatoms. The Morgan fingerprint density at radius 1 is 1.25 bits per heavy atom. The highest BCUT2D eigenvalue weighted by atomic mass is 35.5. The van der Waals surface area contributed by atoms with E-state index < -0.39 is 0 Å². The first-order valence-corrected chi connectivity index (χ1v) is 7.84. The number of hydrogen-bond donors (Lipinski definition) is 1. The van der Waals surface area contributed by atoms with Gasteiger partial charge >= 0.3 is 0 Å². The average Bonchev–Trinajstić information content (AvgIpc) is 2.88. The minimum atomic E-state index is -0.376. The van der Waals surface area contributed by atoms with Gasteiger partial charge in [-0.15, -0.1) is 11.8 Å². The second-order valence-electron chi connectivity index (χ2n) is 5.05. The molecule has 1 aliphatic rings. The number of thioether (sulfide) groups is 1. The molecule has 2 unspecified atom stereocenters. The summed E-state index contributed by atoms with van der Waals surface area (Å²) in [7, 11) is 0. The summed E-state index contributed by atoms with van der Waals surface area (Å²) in [5.41, 5.74) is 8.45. The van der Waals surface area contributed by atoms with E-state index >= 15 is 0 Å². The van der Waals surface area contributed by atoms with Gasteiger partial charge in [0, 0.05) is 16.2 Å². The Kier molecular flexibility index (Phi) is 4.01. The van der Waals surface area contributed by atoms with Crippen LogP contribution in [0.3, 0.4) is 0 Å². The molecule has 0 aliphatic carbocycles. The first-order chi connectivity index (χ1) is 9.65. The van der Waals surface area contributed by atoms with Crippen molar-refractivity contribution in [2.45, 2.75) is 29.0 Å². The van der Waals surface area contributed by atoms with Crippen molar-refractivity contribution in [3.8, 4) is 0 Å². The van der Waals surface area contributed by atoms with Gasteiger partial charge in [0.25, 0.3) is 0 Å². The number of rotatable bonds is 3. The first-order valence-electron chi connectivity index (χ1n) is 6.58. The number of halogens is 2. The SMILES string of the molecule is NC(Cc1cccc(F)c1Cl)C1Cc2ccccc2S1. The predicted octanol–water partition coefficient (Wildman–Crippen LogP) is 4.07. The zero-order valence-corrected chi connectivity index (χ0v) is 12.4. The molecule has 2 N–H and O–H groups in total. The maximum absolute atomic E-state index is 13.4. The van der Waals surface area contributed by atoms with Crippen LogP contribution in [0.2, 0.25) is 5.02 Å². The molecule has 0 bridgehead atoms. The molecule has 1 nitrogen and oxygen atoms in total. The topological polar surface area (TPSA) is 26.0 Å². The van der Waals surface area contributed by atoms with E-state index in [1.54, 1.807) is 6.07 Å². The van der Waals surface area contributed by atoms with Gasteiger partial charge in [-0.1, -0.05) is 41.9 Å². The van der Waals surface area contributed by atoms with Crippen molar-refractivity contribution >= 4 is 23.4 Å². The van der Waals surface area contributed by atoms with E-state index in [0.29, 0.717) is 11.7 Å². The van der Waals surface area contributed by atoms with Crippen molar-refractivity contribution in [2.24, 2.45) is 5.73 Å². The van der Waals surface area contributed by atoms with Crippen LogP contribution in [0.4, 0.5) is 4.39 Å². The summed E-state index contributed by atoms with van der Waals surface area (Å²) in [6, 6.07) is 13.2. The number of fused-ring (bicyclic) bond motifs is 1. The Bertz CT molecular complexity index is 607. The summed E-state index contributed by atoms with van der Waals surface area (Å²) in [4.78, 5) is 1.30. The molecule has 0 spiro atoms. The van der Waals surface area contributed by atoms with Gasteiger partial charge in [-0.2, -0.15) is 0 Å². The lowest BCUT2D eigenvalue weighted by Gasteiger charge is -2.19. The predicted molar refractivity (Wildman–Crippen MR) is 82.9 cm³/mol. The molecule has 0 saturated carbocycles. The molecule has 104 valence electrons. The van der Waals surface area contributed by atoms with Crippen molar-refractivity contribution < 1.29 is 4.39 Å². The van der Waals surface area contributed by atoms with Crippen LogP contribution in [0.1, 0.15) is 11.1 Å². The highest BCUT2D eigenvalue weighted by molar-refractivity contribution is 8.00. The maximum atomic E-state index is 13.4. The summed E-state index contributed by atoms with van der Waals surface area (Å²) in [5.74, 6) is -0.376. The summed E-state index contributed by atoms with van der Waals surface area (Å²) in [5, 5.41) is 0.523. The third kappa shape index (κ3) is 2.71. The Morgan fingerprint density at radius 2 is 2.05 bits per heavy atom. The maximum Gasteiger partial charge on any atom is 0.142 e. The molecule has 0 amide bonds. The lowest BCUT2D eigenvalue weighted by atomic mass is 9.99. The normalized spacial score (nSPS) is 18.9. The van der Waals surface area contributed by atoms with Crippen LogP contribution in [0.25, 0.3) is 0 Å². The first kappa shape index (κ1) is 13.9. The van der Waals surface area contributed by atoms with Gasteiger partial charge in [-0.25, -0.2) is 4.39 Å². The lowest BCUT2D eigenvalue weighted by molar-refractivity contribution is 0.611. The Labute approximate surface area is 127 Å². The standard InChI is InChI=1S/C16H15ClFNS/c17-16-11(5-3-6-12(16)18)8-13(19)15-9-10-4-1-2-7-14(10)20-15/h1-7,13,15H,8-9,19H2. The Hall–Kier alpha value is -1.03.